The van der Waals surface area contributed by atoms with Gasteiger partial charge in [0.2, 0.25) is 0 Å². The quantitative estimate of drug-likeness (QED) is 0.532. The van der Waals surface area contributed by atoms with Crippen LogP contribution in [0.15, 0.2) is 12.7 Å². The van der Waals surface area contributed by atoms with Crippen LogP contribution in [0.3, 0.4) is 0 Å². The van der Waals surface area contributed by atoms with Gasteiger partial charge < -0.3 is 5.11 Å². The maximum Gasteiger partial charge on any atom is 0.0586 e. The van der Waals surface area contributed by atoms with Gasteiger partial charge in [0.25, 0.3) is 0 Å². The van der Waals surface area contributed by atoms with Crippen molar-refractivity contribution < 1.29 is 5.11 Å². The van der Waals surface area contributed by atoms with E-state index < -0.39 is 0 Å². The van der Waals surface area contributed by atoms with Gasteiger partial charge in [0.15, 0.2) is 0 Å². The highest BCUT2D eigenvalue weighted by Crippen LogP contribution is 2.17. The van der Waals surface area contributed by atoms with Crippen molar-refractivity contribution in [2.24, 2.45) is 0 Å². The summed E-state index contributed by atoms with van der Waals surface area (Å²) in [6, 6.07) is 0.432. The molecule has 0 spiro atoms. The molecule has 0 aromatic carbocycles. The molecule has 94 valence electrons. The third kappa shape index (κ3) is 5.13. The summed E-state index contributed by atoms with van der Waals surface area (Å²) in [7, 11) is 0. The molecule has 0 aliphatic carbocycles. The molecule has 1 unspecified atom stereocenters. The zero-order valence-electron chi connectivity index (χ0n) is 10.5. The lowest BCUT2D eigenvalue weighted by atomic mass is 10.1. The van der Waals surface area contributed by atoms with Crippen LogP contribution in [0.1, 0.15) is 51.4 Å². The van der Waals surface area contributed by atoms with E-state index in [-0.39, 0.29) is 0 Å². The summed E-state index contributed by atoms with van der Waals surface area (Å²) >= 11 is 0. The van der Waals surface area contributed by atoms with Crippen LogP contribution in [-0.4, -0.2) is 35.7 Å². The van der Waals surface area contributed by atoms with E-state index in [4.69, 9.17) is 0 Å². The van der Waals surface area contributed by atoms with Gasteiger partial charge in [-0.25, -0.2) is 0 Å². The highest BCUT2D eigenvalue weighted by molar-refractivity contribution is 4.74. The fourth-order valence-corrected chi connectivity index (χ4v) is 2.52. The largest absolute Gasteiger partial charge is 0.395 e. The van der Waals surface area contributed by atoms with Crippen molar-refractivity contribution in [2.75, 3.05) is 19.7 Å². The Balaban J connectivity index is 2.18. The number of rotatable bonds is 7. The summed E-state index contributed by atoms with van der Waals surface area (Å²) < 4.78 is 0. The molecule has 0 amide bonds. The number of hydrogen-bond donors (Lipinski definition) is 1. The average molecular weight is 225 g/mol. The number of likely N-dealkylation sites (tertiary alicyclic amines) is 1. The lowest BCUT2D eigenvalue weighted by Gasteiger charge is -2.28. The molecule has 0 bridgehead atoms. The Labute approximate surface area is 100 Å². The van der Waals surface area contributed by atoms with Gasteiger partial charge in [-0.3, -0.25) is 4.90 Å². The number of aliphatic hydroxyl groups is 1. The second-order valence-corrected chi connectivity index (χ2v) is 4.86. The molecule has 1 saturated heterocycles. The van der Waals surface area contributed by atoms with Crippen molar-refractivity contribution in [3.05, 3.63) is 12.7 Å². The van der Waals surface area contributed by atoms with E-state index in [1.807, 2.05) is 6.08 Å². The molecule has 0 aromatic rings. The Kier molecular flexibility index (Phi) is 7.52. The van der Waals surface area contributed by atoms with E-state index >= 15 is 0 Å². The van der Waals surface area contributed by atoms with E-state index in [0.29, 0.717) is 12.6 Å². The number of aliphatic hydroxyl groups excluding tert-OH is 1. The second kappa shape index (κ2) is 8.77. The van der Waals surface area contributed by atoms with Crippen LogP contribution in [0.2, 0.25) is 0 Å². The number of allylic oxidation sites excluding steroid dienone is 1. The highest BCUT2D eigenvalue weighted by Gasteiger charge is 2.19. The van der Waals surface area contributed by atoms with Gasteiger partial charge in [-0.2, -0.15) is 0 Å². The van der Waals surface area contributed by atoms with Crippen LogP contribution in [0, 0.1) is 0 Å². The van der Waals surface area contributed by atoms with Crippen molar-refractivity contribution in [1.82, 2.24) is 4.90 Å². The predicted molar refractivity (Wildman–Crippen MR) is 69.6 cm³/mol. The SMILES string of the molecule is C=CCCCCCN1CCCCCC1CO. The number of nitrogens with zero attached hydrogens (tertiary/aromatic N) is 1. The van der Waals surface area contributed by atoms with E-state index in [9.17, 15) is 5.11 Å². The van der Waals surface area contributed by atoms with Crippen LogP contribution in [-0.2, 0) is 0 Å². The first-order valence-corrected chi connectivity index (χ1v) is 6.84. The maximum atomic E-state index is 9.37. The lowest BCUT2D eigenvalue weighted by molar-refractivity contribution is 0.122. The minimum absolute atomic E-state index is 0.340. The Bertz CT molecular complexity index is 182. The van der Waals surface area contributed by atoms with E-state index in [1.165, 1.54) is 58.0 Å². The van der Waals surface area contributed by atoms with Gasteiger partial charge in [0.05, 0.1) is 6.61 Å². The first-order valence-electron chi connectivity index (χ1n) is 6.84. The molecule has 16 heavy (non-hydrogen) atoms. The Hall–Kier alpha value is -0.340. The Morgan fingerprint density at radius 1 is 1.19 bits per heavy atom. The van der Waals surface area contributed by atoms with Crippen molar-refractivity contribution in [3.8, 4) is 0 Å². The molecule has 1 rings (SSSR count). The van der Waals surface area contributed by atoms with Crippen molar-refractivity contribution in [1.29, 1.82) is 0 Å². The summed E-state index contributed by atoms with van der Waals surface area (Å²) in [4.78, 5) is 2.50. The molecule has 1 fully saturated rings. The molecule has 2 nitrogen and oxygen atoms in total. The van der Waals surface area contributed by atoms with E-state index in [2.05, 4.69) is 11.5 Å². The van der Waals surface area contributed by atoms with Gasteiger partial charge >= 0.3 is 0 Å². The molecular weight excluding hydrogens is 198 g/mol. The molecule has 1 atom stereocenters. The number of unbranched alkanes of at least 4 members (excludes halogenated alkanes) is 3. The molecule has 1 heterocycles. The highest BCUT2D eigenvalue weighted by atomic mass is 16.3. The van der Waals surface area contributed by atoms with Crippen LogP contribution >= 0.6 is 0 Å². The van der Waals surface area contributed by atoms with Crippen LogP contribution in [0.4, 0.5) is 0 Å². The van der Waals surface area contributed by atoms with Crippen LogP contribution < -0.4 is 0 Å². The third-order valence-corrected chi connectivity index (χ3v) is 3.56. The molecular formula is C14H27NO. The van der Waals surface area contributed by atoms with Gasteiger partial charge in [-0.05, 0) is 45.2 Å². The molecule has 1 N–H and O–H groups in total. The summed E-state index contributed by atoms with van der Waals surface area (Å²) in [6.07, 6.45) is 12.1. The summed E-state index contributed by atoms with van der Waals surface area (Å²) in [5.74, 6) is 0. The molecule has 1 aliphatic rings. The molecule has 0 aromatic heterocycles. The first kappa shape index (κ1) is 13.7. The zero-order valence-corrected chi connectivity index (χ0v) is 10.5. The fraction of sp³-hybridized carbons (Fsp3) is 0.857. The van der Waals surface area contributed by atoms with Crippen molar-refractivity contribution >= 4 is 0 Å². The summed E-state index contributed by atoms with van der Waals surface area (Å²) in [5.41, 5.74) is 0. The normalized spacial score (nSPS) is 22.9. The molecule has 0 radical (unpaired) electrons. The van der Waals surface area contributed by atoms with Crippen LogP contribution in [0.25, 0.3) is 0 Å². The molecule has 2 heteroatoms. The maximum absolute atomic E-state index is 9.37. The zero-order chi connectivity index (χ0) is 11.6. The first-order chi connectivity index (χ1) is 7.88. The fourth-order valence-electron chi connectivity index (χ4n) is 2.52. The Morgan fingerprint density at radius 2 is 2.06 bits per heavy atom. The summed E-state index contributed by atoms with van der Waals surface area (Å²) in [6.45, 7) is 6.44. The predicted octanol–water partition coefficient (Wildman–Crippen LogP) is 2.97. The third-order valence-electron chi connectivity index (χ3n) is 3.56. The second-order valence-electron chi connectivity index (χ2n) is 4.86. The van der Waals surface area contributed by atoms with Gasteiger partial charge in [0, 0.05) is 6.04 Å². The lowest BCUT2D eigenvalue weighted by Crippen LogP contribution is -2.38. The Morgan fingerprint density at radius 3 is 2.81 bits per heavy atom. The number of hydrogen-bond acceptors (Lipinski definition) is 2. The minimum Gasteiger partial charge on any atom is -0.395 e. The van der Waals surface area contributed by atoms with E-state index in [1.54, 1.807) is 0 Å². The van der Waals surface area contributed by atoms with E-state index in [0.717, 1.165) is 6.42 Å². The van der Waals surface area contributed by atoms with Gasteiger partial charge in [-0.15, -0.1) is 6.58 Å². The standard InChI is InChI=1S/C14H27NO/c1-2-3-4-5-8-11-15-12-9-6-7-10-14(15)13-16/h2,14,16H,1,3-13H2. The molecule has 0 saturated carbocycles. The van der Waals surface area contributed by atoms with Crippen LogP contribution in [0.5, 0.6) is 0 Å². The molecule has 1 aliphatic heterocycles. The van der Waals surface area contributed by atoms with Gasteiger partial charge in [0.1, 0.15) is 0 Å². The monoisotopic (exact) mass is 225 g/mol. The minimum atomic E-state index is 0.340. The topological polar surface area (TPSA) is 23.5 Å². The van der Waals surface area contributed by atoms with Crippen molar-refractivity contribution in [2.45, 2.75) is 57.4 Å². The smallest absolute Gasteiger partial charge is 0.0586 e. The van der Waals surface area contributed by atoms with Gasteiger partial charge in [-0.1, -0.05) is 25.3 Å². The summed E-state index contributed by atoms with van der Waals surface area (Å²) in [5, 5.41) is 9.37. The van der Waals surface area contributed by atoms with Crippen molar-refractivity contribution in [3.63, 3.8) is 0 Å². The average Bonchev–Trinajstić information content (AvgIpc) is 2.53.